The summed E-state index contributed by atoms with van der Waals surface area (Å²) in [4.78, 5) is 15.5. The molecule has 2 heterocycles. The average Bonchev–Trinajstić information content (AvgIpc) is 2.38. The van der Waals surface area contributed by atoms with Gasteiger partial charge in [0.05, 0.1) is 12.2 Å². The minimum atomic E-state index is -0.0138. The lowest BCUT2D eigenvalue weighted by molar-refractivity contribution is 0.0488. The number of aromatic nitrogens is 1. The Labute approximate surface area is 101 Å². The zero-order chi connectivity index (χ0) is 12.1. The quantitative estimate of drug-likeness (QED) is 0.750. The van der Waals surface area contributed by atoms with Crippen molar-refractivity contribution in [2.45, 2.75) is 19.8 Å². The van der Waals surface area contributed by atoms with Gasteiger partial charge in [0.1, 0.15) is 0 Å². The highest BCUT2D eigenvalue weighted by molar-refractivity contribution is 5.96. The molecule has 0 N–H and O–H groups in total. The highest BCUT2D eigenvalue weighted by Crippen LogP contribution is 2.19. The normalized spacial score (nSPS) is 16.8. The molecule has 4 heteroatoms. The third-order valence-corrected chi connectivity index (χ3v) is 2.95. The maximum Gasteiger partial charge on any atom is 0.224 e. The smallest absolute Gasteiger partial charge is 0.224 e. The number of ketones is 1. The summed E-state index contributed by atoms with van der Waals surface area (Å²) < 4.78 is 10.9. The van der Waals surface area contributed by atoms with Crippen molar-refractivity contribution in [1.82, 2.24) is 4.98 Å². The van der Waals surface area contributed by atoms with Crippen molar-refractivity contribution in [3.8, 4) is 5.88 Å². The van der Waals surface area contributed by atoms with Crippen LogP contribution in [0.5, 0.6) is 5.88 Å². The Hall–Kier alpha value is -1.42. The van der Waals surface area contributed by atoms with Gasteiger partial charge in [-0.05, 0) is 37.8 Å². The van der Waals surface area contributed by atoms with Crippen molar-refractivity contribution in [3.63, 3.8) is 0 Å². The molecule has 17 heavy (non-hydrogen) atoms. The van der Waals surface area contributed by atoms with Crippen LogP contribution in [0.25, 0.3) is 0 Å². The van der Waals surface area contributed by atoms with Crippen LogP contribution in [-0.2, 0) is 4.74 Å². The van der Waals surface area contributed by atoms with E-state index in [1.165, 1.54) is 6.92 Å². The molecule has 0 spiro atoms. The predicted molar refractivity (Wildman–Crippen MR) is 63.3 cm³/mol. The molecule has 0 aromatic carbocycles. The molecule has 0 amide bonds. The van der Waals surface area contributed by atoms with E-state index in [2.05, 4.69) is 4.98 Å². The van der Waals surface area contributed by atoms with Crippen molar-refractivity contribution >= 4 is 5.78 Å². The summed E-state index contributed by atoms with van der Waals surface area (Å²) in [5.74, 6) is 0.942. The van der Waals surface area contributed by atoms with Gasteiger partial charge in [-0.1, -0.05) is 0 Å². The number of nitrogens with zero attached hydrogens (tertiary/aromatic N) is 1. The molecule has 92 valence electrons. The maximum absolute atomic E-state index is 11.4. The first-order chi connectivity index (χ1) is 8.27. The lowest BCUT2D eigenvalue weighted by Gasteiger charge is -2.22. The summed E-state index contributed by atoms with van der Waals surface area (Å²) in [5.41, 5.74) is 0.555. The third kappa shape index (κ3) is 3.27. The number of rotatable bonds is 4. The standard InChI is InChI=1S/C13H17NO3/c1-10(15)12-3-2-6-14-13(12)17-9-11-4-7-16-8-5-11/h2-3,6,11H,4-5,7-9H2,1H3. The van der Waals surface area contributed by atoms with Gasteiger partial charge in [-0.3, -0.25) is 4.79 Å². The maximum atomic E-state index is 11.4. The minimum Gasteiger partial charge on any atom is -0.477 e. The number of hydrogen-bond donors (Lipinski definition) is 0. The highest BCUT2D eigenvalue weighted by Gasteiger charge is 2.16. The molecule has 1 saturated heterocycles. The van der Waals surface area contributed by atoms with Crippen LogP contribution < -0.4 is 4.74 Å². The number of carbonyl (C=O) groups is 1. The van der Waals surface area contributed by atoms with E-state index in [9.17, 15) is 4.79 Å². The van der Waals surface area contributed by atoms with Crippen LogP contribution in [0.2, 0.25) is 0 Å². The average molecular weight is 235 g/mol. The van der Waals surface area contributed by atoms with Crippen LogP contribution in [-0.4, -0.2) is 30.6 Å². The lowest BCUT2D eigenvalue weighted by Crippen LogP contribution is -2.22. The second kappa shape index (κ2) is 5.77. The molecule has 2 rings (SSSR count). The van der Waals surface area contributed by atoms with Gasteiger partial charge < -0.3 is 9.47 Å². The lowest BCUT2D eigenvalue weighted by atomic mass is 10.0. The zero-order valence-electron chi connectivity index (χ0n) is 10.0. The first-order valence-electron chi connectivity index (χ1n) is 5.94. The first-order valence-corrected chi connectivity index (χ1v) is 5.94. The van der Waals surface area contributed by atoms with Gasteiger partial charge in [0, 0.05) is 19.4 Å². The Balaban J connectivity index is 1.96. The number of ether oxygens (including phenoxy) is 2. The molecule has 1 aliphatic rings. The summed E-state index contributed by atoms with van der Waals surface area (Å²) in [7, 11) is 0. The predicted octanol–water partition coefficient (Wildman–Crippen LogP) is 2.09. The van der Waals surface area contributed by atoms with Crippen molar-refractivity contribution in [2.24, 2.45) is 5.92 Å². The molecule has 1 fully saturated rings. The van der Waals surface area contributed by atoms with E-state index in [1.807, 2.05) is 0 Å². The van der Waals surface area contributed by atoms with Crippen molar-refractivity contribution in [3.05, 3.63) is 23.9 Å². The van der Waals surface area contributed by atoms with E-state index in [-0.39, 0.29) is 5.78 Å². The second-order valence-electron chi connectivity index (χ2n) is 4.28. The second-order valence-corrected chi connectivity index (χ2v) is 4.28. The van der Waals surface area contributed by atoms with Gasteiger partial charge in [0.2, 0.25) is 5.88 Å². The van der Waals surface area contributed by atoms with Gasteiger partial charge in [-0.25, -0.2) is 4.98 Å². The van der Waals surface area contributed by atoms with Crippen LogP contribution >= 0.6 is 0 Å². The molecule has 0 radical (unpaired) electrons. The number of pyridine rings is 1. The Morgan fingerprint density at radius 3 is 3.00 bits per heavy atom. The van der Waals surface area contributed by atoms with Gasteiger partial charge in [0.15, 0.2) is 5.78 Å². The monoisotopic (exact) mass is 235 g/mol. The summed E-state index contributed by atoms with van der Waals surface area (Å²) in [6.07, 6.45) is 3.68. The fraction of sp³-hybridized carbons (Fsp3) is 0.538. The molecule has 1 aliphatic heterocycles. The molecule has 4 nitrogen and oxygen atoms in total. The largest absolute Gasteiger partial charge is 0.477 e. The molecule has 0 saturated carbocycles. The number of hydrogen-bond acceptors (Lipinski definition) is 4. The van der Waals surface area contributed by atoms with Crippen LogP contribution in [0.1, 0.15) is 30.1 Å². The number of Topliss-reactive ketones (excluding diaryl/α,β-unsaturated/α-hetero) is 1. The Morgan fingerprint density at radius 1 is 1.53 bits per heavy atom. The molecular formula is C13H17NO3. The summed E-state index contributed by atoms with van der Waals surface area (Å²) in [6, 6.07) is 3.49. The highest BCUT2D eigenvalue weighted by atomic mass is 16.5. The topological polar surface area (TPSA) is 48.4 Å². The summed E-state index contributed by atoms with van der Waals surface area (Å²) >= 11 is 0. The molecule has 0 aliphatic carbocycles. The van der Waals surface area contributed by atoms with E-state index < -0.39 is 0 Å². The van der Waals surface area contributed by atoms with Crippen LogP contribution in [0.3, 0.4) is 0 Å². The van der Waals surface area contributed by atoms with Crippen LogP contribution in [0, 0.1) is 5.92 Å². The van der Waals surface area contributed by atoms with E-state index in [1.54, 1.807) is 18.3 Å². The van der Waals surface area contributed by atoms with Crippen molar-refractivity contribution < 1.29 is 14.3 Å². The Morgan fingerprint density at radius 2 is 2.29 bits per heavy atom. The fourth-order valence-corrected chi connectivity index (χ4v) is 1.88. The van der Waals surface area contributed by atoms with Gasteiger partial charge in [-0.15, -0.1) is 0 Å². The van der Waals surface area contributed by atoms with Gasteiger partial charge in [0.25, 0.3) is 0 Å². The first kappa shape index (κ1) is 12.0. The minimum absolute atomic E-state index is 0.0138. The number of carbonyl (C=O) groups excluding carboxylic acids is 1. The SMILES string of the molecule is CC(=O)c1cccnc1OCC1CCOCC1. The van der Waals surface area contributed by atoms with Crippen LogP contribution in [0.4, 0.5) is 0 Å². The fourth-order valence-electron chi connectivity index (χ4n) is 1.88. The zero-order valence-corrected chi connectivity index (χ0v) is 10.0. The van der Waals surface area contributed by atoms with Crippen molar-refractivity contribution in [1.29, 1.82) is 0 Å². The van der Waals surface area contributed by atoms with Crippen molar-refractivity contribution in [2.75, 3.05) is 19.8 Å². The van der Waals surface area contributed by atoms with Gasteiger partial charge in [-0.2, -0.15) is 0 Å². The van der Waals surface area contributed by atoms with E-state index in [0.29, 0.717) is 24.0 Å². The molecule has 0 atom stereocenters. The Bertz CT molecular complexity index is 386. The molecule has 0 bridgehead atoms. The molecule has 1 aromatic heterocycles. The molecule has 1 aromatic rings. The van der Waals surface area contributed by atoms with Crippen LogP contribution in [0.15, 0.2) is 18.3 Å². The van der Waals surface area contributed by atoms with E-state index in [4.69, 9.17) is 9.47 Å². The van der Waals surface area contributed by atoms with Gasteiger partial charge >= 0.3 is 0 Å². The van der Waals surface area contributed by atoms with E-state index in [0.717, 1.165) is 26.1 Å². The molecular weight excluding hydrogens is 218 g/mol. The van der Waals surface area contributed by atoms with E-state index >= 15 is 0 Å². The summed E-state index contributed by atoms with van der Waals surface area (Å²) in [5, 5.41) is 0. The third-order valence-electron chi connectivity index (χ3n) is 2.95. The summed E-state index contributed by atoms with van der Waals surface area (Å²) in [6.45, 7) is 3.74. The molecule has 0 unspecified atom stereocenters. The Kier molecular flexibility index (Phi) is 4.09.